The number of hydrogen-bond donors (Lipinski definition) is 2. The topological polar surface area (TPSA) is 52.6 Å². The van der Waals surface area contributed by atoms with Crippen molar-refractivity contribution in [3.8, 4) is 0 Å². The summed E-state index contributed by atoms with van der Waals surface area (Å²) in [4.78, 5) is 15.2. The Morgan fingerprint density at radius 2 is 1.92 bits per heavy atom. The molecule has 2 rings (SSSR count). The highest BCUT2D eigenvalue weighted by Gasteiger charge is 2.43. The summed E-state index contributed by atoms with van der Waals surface area (Å²) in [5.74, 6) is -0.452. The molecule has 0 spiro atoms. The molecule has 0 bridgehead atoms. The monoisotopic (exact) mass is 396 g/mol. The first-order chi connectivity index (χ1) is 11.5. The van der Waals surface area contributed by atoms with Crippen molar-refractivity contribution in [1.82, 2.24) is 10.2 Å². The van der Waals surface area contributed by atoms with E-state index in [1.807, 2.05) is 29.2 Å². The predicted molar refractivity (Wildman–Crippen MR) is 101 cm³/mol. The highest BCUT2D eigenvalue weighted by atomic mass is 79.9. The van der Waals surface area contributed by atoms with Crippen molar-refractivity contribution in [2.45, 2.75) is 51.0 Å². The Morgan fingerprint density at radius 1 is 1.29 bits per heavy atom. The second-order valence-corrected chi connectivity index (χ2v) is 7.58. The summed E-state index contributed by atoms with van der Waals surface area (Å²) in [7, 11) is 0. The van der Waals surface area contributed by atoms with Crippen molar-refractivity contribution in [1.29, 1.82) is 0 Å². The van der Waals surface area contributed by atoms with Crippen molar-refractivity contribution in [2.24, 2.45) is 0 Å². The van der Waals surface area contributed by atoms with Gasteiger partial charge in [-0.2, -0.15) is 0 Å². The molecule has 0 radical (unpaired) electrons. The van der Waals surface area contributed by atoms with Crippen LogP contribution in [0.2, 0.25) is 0 Å². The number of piperazine rings is 1. The van der Waals surface area contributed by atoms with E-state index in [9.17, 15) is 9.90 Å². The molecule has 1 aliphatic heterocycles. The zero-order chi connectivity index (χ0) is 17.6. The van der Waals surface area contributed by atoms with Crippen LogP contribution < -0.4 is 5.32 Å². The molecule has 5 heteroatoms. The summed E-state index contributed by atoms with van der Waals surface area (Å²) in [6, 6.07) is 7.83. The minimum absolute atomic E-state index is 0.0546. The van der Waals surface area contributed by atoms with Crippen LogP contribution in [0.15, 0.2) is 28.7 Å². The number of halogens is 1. The summed E-state index contributed by atoms with van der Waals surface area (Å²) in [5.41, 5.74) is -0.0935. The molecule has 0 aromatic heterocycles. The molecule has 1 atom stereocenters. The van der Waals surface area contributed by atoms with Crippen molar-refractivity contribution in [3.05, 3.63) is 34.3 Å². The third-order valence-corrected chi connectivity index (χ3v) is 5.25. The smallest absolute Gasteiger partial charge is 0.233 e. The van der Waals surface area contributed by atoms with Crippen LogP contribution in [0.5, 0.6) is 0 Å². The fraction of sp³-hybridized carbons (Fsp3) is 0.632. The summed E-state index contributed by atoms with van der Waals surface area (Å²) < 4.78 is 0.938. The number of rotatable bonds is 7. The van der Waals surface area contributed by atoms with Gasteiger partial charge >= 0.3 is 0 Å². The quantitative estimate of drug-likeness (QED) is 0.743. The van der Waals surface area contributed by atoms with Crippen molar-refractivity contribution in [3.63, 3.8) is 0 Å². The normalized spacial score (nSPS) is 16.9. The number of hydrogen-bond acceptors (Lipinski definition) is 3. The number of carbonyl (C=O) groups is 1. The van der Waals surface area contributed by atoms with Gasteiger partial charge in [0, 0.05) is 30.7 Å². The van der Waals surface area contributed by atoms with Gasteiger partial charge in [-0.3, -0.25) is 4.79 Å². The minimum Gasteiger partial charge on any atom is -0.389 e. The van der Waals surface area contributed by atoms with Crippen LogP contribution in [0.1, 0.15) is 51.0 Å². The van der Waals surface area contributed by atoms with Crippen LogP contribution in [0.3, 0.4) is 0 Å². The lowest BCUT2D eigenvalue weighted by Crippen LogP contribution is -2.52. The van der Waals surface area contributed by atoms with Gasteiger partial charge in [0.15, 0.2) is 0 Å². The Labute approximate surface area is 153 Å². The van der Waals surface area contributed by atoms with Crippen LogP contribution >= 0.6 is 15.9 Å². The molecule has 1 unspecified atom stereocenters. The molecule has 1 amide bonds. The molecule has 24 heavy (non-hydrogen) atoms. The van der Waals surface area contributed by atoms with E-state index in [-0.39, 0.29) is 5.91 Å². The predicted octanol–water partition coefficient (Wildman–Crippen LogP) is 3.30. The maximum atomic E-state index is 13.3. The molecule has 1 aliphatic rings. The van der Waals surface area contributed by atoms with E-state index in [0.717, 1.165) is 36.0 Å². The summed E-state index contributed by atoms with van der Waals surface area (Å²) in [6.45, 7) is 7.17. The number of nitrogens with one attached hydrogen (secondary N) is 1. The third-order valence-electron chi connectivity index (χ3n) is 4.76. The van der Waals surface area contributed by atoms with Crippen molar-refractivity contribution in [2.75, 3.05) is 26.2 Å². The van der Waals surface area contributed by atoms with Gasteiger partial charge in [-0.1, -0.05) is 54.8 Å². The van der Waals surface area contributed by atoms with Gasteiger partial charge in [0.25, 0.3) is 0 Å². The molecule has 1 heterocycles. The van der Waals surface area contributed by atoms with Gasteiger partial charge in [-0.15, -0.1) is 0 Å². The van der Waals surface area contributed by atoms with E-state index in [1.165, 1.54) is 0 Å². The molecular weight excluding hydrogens is 368 g/mol. The van der Waals surface area contributed by atoms with Crippen LogP contribution in [0.4, 0.5) is 0 Å². The van der Waals surface area contributed by atoms with Crippen molar-refractivity contribution >= 4 is 21.8 Å². The highest BCUT2D eigenvalue weighted by Crippen LogP contribution is 2.38. The average molecular weight is 397 g/mol. The van der Waals surface area contributed by atoms with Crippen molar-refractivity contribution < 1.29 is 9.90 Å². The zero-order valence-corrected chi connectivity index (χ0v) is 16.3. The molecule has 134 valence electrons. The Balaban J connectivity index is 2.41. The number of benzene rings is 1. The van der Waals surface area contributed by atoms with Gasteiger partial charge in [0.1, 0.15) is 0 Å². The summed E-state index contributed by atoms with van der Waals surface area (Å²) in [6.07, 6.45) is 2.98. The largest absolute Gasteiger partial charge is 0.389 e. The Hall–Kier alpha value is -0.910. The fourth-order valence-electron chi connectivity index (χ4n) is 3.72. The van der Waals surface area contributed by atoms with Crippen LogP contribution in [0.25, 0.3) is 0 Å². The number of amides is 1. The van der Waals surface area contributed by atoms with E-state index in [0.29, 0.717) is 25.9 Å². The molecule has 0 saturated carbocycles. The van der Waals surface area contributed by atoms with E-state index in [1.54, 1.807) is 0 Å². The lowest BCUT2D eigenvalue weighted by Gasteiger charge is -2.39. The number of carbonyl (C=O) groups excluding carboxylic acids is 1. The first kappa shape index (κ1) is 19.4. The molecule has 1 fully saturated rings. The molecule has 4 nitrogen and oxygen atoms in total. The third kappa shape index (κ3) is 4.58. The Morgan fingerprint density at radius 3 is 2.46 bits per heavy atom. The Kier molecular flexibility index (Phi) is 7.26. The van der Waals surface area contributed by atoms with Gasteiger partial charge in [0.05, 0.1) is 11.5 Å². The maximum absolute atomic E-state index is 13.3. The van der Waals surface area contributed by atoms with Gasteiger partial charge < -0.3 is 15.3 Å². The molecular formula is C19H29BrN2O2. The first-order valence-electron chi connectivity index (χ1n) is 8.99. The SMILES string of the molecule is CCCC(O)(CCC)C(C(=O)N1CCNCC1)c1cccc(Br)c1. The van der Waals surface area contributed by atoms with Gasteiger partial charge in [0.2, 0.25) is 5.91 Å². The standard InChI is InChI=1S/C19H29BrN2O2/c1-3-8-19(24,9-4-2)17(15-6-5-7-16(20)14-15)18(23)22-12-10-21-11-13-22/h5-7,14,17,21,24H,3-4,8-13H2,1-2H3. The molecule has 1 aromatic carbocycles. The van der Waals surface area contributed by atoms with E-state index in [2.05, 4.69) is 35.1 Å². The van der Waals surface area contributed by atoms with E-state index < -0.39 is 11.5 Å². The van der Waals surface area contributed by atoms with Crippen LogP contribution in [-0.4, -0.2) is 47.7 Å². The van der Waals surface area contributed by atoms with E-state index in [4.69, 9.17) is 0 Å². The van der Waals surface area contributed by atoms with Gasteiger partial charge in [-0.05, 0) is 30.5 Å². The molecule has 1 saturated heterocycles. The second-order valence-electron chi connectivity index (χ2n) is 6.67. The van der Waals surface area contributed by atoms with Crippen LogP contribution in [-0.2, 0) is 4.79 Å². The minimum atomic E-state index is -0.994. The Bertz CT molecular complexity index is 538. The number of aliphatic hydroxyl groups is 1. The zero-order valence-electron chi connectivity index (χ0n) is 14.7. The maximum Gasteiger partial charge on any atom is 0.233 e. The number of nitrogens with zero attached hydrogens (tertiary/aromatic N) is 1. The molecule has 0 aliphatic carbocycles. The molecule has 2 N–H and O–H groups in total. The fourth-order valence-corrected chi connectivity index (χ4v) is 4.13. The summed E-state index contributed by atoms with van der Waals surface area (Å²) in [5, 5.41) is 14.7. The van der Waals surface area contributed by atoms with Gasteiger partial charge in [-0.25, -0.2) is 0 Å². The lowest BCUT2D eigenvalue weighted by molar-refractivity contribution is -0.141. The molecule has 1 aromatic rings. The highest BCUT2D eigenvalue weighted by molar-refractivity contribution is 9.10. The van der Waals surface area contributed by atoms with Crippen LogP contribution in [0, 0.1) is 0 Å². The summed E-state index contributed by atoms with van der Waals surface area (Å²) >= 11 is 3.50. The lowest BCUT2D eigenvalue weighted by atomic mass is 9.75. The van der Waals surface area contributed by atoms with E-state index >= 15 is 0 Å². The first-order valence-corrected chi connectivity index (χ1v) is 9.78. The average Bonchev–Trinajstić information content (AvgIpc) is 2.56. The second kappa shape index (κ2) is 8.97.